The number of hydrogen-bond donors (Lipinski definition) is 1. The number of nitrogens with zero attached hydrogens (tertiary/aromatic N) is 2. The van der Waals surface area contributed by atoms with E-state index in [1.807, 2.05) is 30.0 Å². The van der Waals surface area contributed by atoms with Gasteiger partial charge in [-0.3, -0.25) is 0 Å². The Labute approximate surface area is 106 Å². The fourth-order valence-corrected chi connectivity index (χ4v) is 1.87. The van der Waals surface area contributed by atoms with Gasteiger partial charge in [-0.25, -0.2) is 4.99 Å². The van der Waals surface area contributed by atoms with Crippen molar-refractivity contribution in [3.63, 3.8) is 0 Å². The van der Waals surface area contributed by atoms with Gasteiger partial charge >= 0.3 is 0 Å². The number of rotatable bonds is 1. The van der Waals surface area contributed by atoms with Crippen molar-refractivity contribution in [2.45, 2.75) is 6.92 Å². The number of halogens is 1. The first-order chi connectivity index (χ1) is 8.18. The Morgan fingerprint density at radius 3 is 2.82 bits per heavy atom. The van der Waals surface area contributed by atoms with Crippen molar-refractivity contribution in [2.24, 2.45) is 10.7 Å². The van der Waals surface area contributed by atoms with Crippen LogP contribution in [0.4, 0.5) is 5.69 Å². The van der Waals surface area contributed by atoms with Gasteiger partial charge in [-0.2, -0.15) is 0 Å². The van der Waals surface area contributed by atoms with Gasteiger partial charge in [0.1, 0.15) is 0 Å². The van der Waals surface area contributed by atoms with Crippen LogP contribution in [0, 0.1) is 6.92 Å². The molecule has 0 spiro atoms. The lowest BCUT2D eigenvalue weighted by atomic mass is 10.2. The second-order valence-corrected chi connectivity index (χ2v) is 4.36. The van der Waals surface area contributed by atoms with Crippen molar-refractivity contribution in [3.8, 4) is 0 Å². The molecule has 5 heteroatoms. The molecule has 92 valence electrons. The summed E-state index contributed by atoms with van der Waals surface area (Å²) in [4.78, 5) is 6.44. The van der Waals surface area contributed by atoms with Crippen LogP contribution in [-0.4, -0.2) is 37.2 Å². The highest BCUT2D eigenvalue weighted by Crippen LogP contribution is 2.25. The monoisotopic (exact) mass is 253 g/mol. The van der Waals surface area contributed by atoms with Crippen molar-refractivity contribution >= 4 is 23.2 Å². The maximum atomic E-state index is 6.04. The van der Waals surface area contributed by atoms with Gasteiger partial charge in [0, 0.05) is 18.1 Å². The van der Waals surface area contributed by atoms with Crippen LogP contribution in [0.1, 0.15) is 5.56 Å². The van der Waals surface area contributed by atoms with E-state index in [0.717, 1.165) is 24.3 Å². The van der Waals surface area contributed by atoms with E-state index >= 15 is 0 Å². The highest BCUT2D eigenvalue weighted by atomic mass is 35.5. The second kappa shape index (κ2) is 5.38. The molecule has 0 aromatic heterocycles. The Morgan fingerprint density at radius 2 is 2.12 bits per heavy atom. The van der Waals surface area contributed by atoms with Crippen molar-refractivity contribution < 1.29 is 4.74 Å². The second-order valence-electron chi connectivity index (χ2n) is 3.95. The first-order valence-electron chi connectivity index (χ1n) is 5.60. The third-order valence-corrected chi connectivity index (χ3v) is 3.22. The molecule has 0 bridgehead atoms. The SMILES string of the molecule is Cc1c(Cl)cccc1N=C(N)N1CCOCC1. The number of benzene rings is 1. The quantitative estimate of drug-likeness (QED) is 0.615. The molecule has 1 aliphatic heterocycles. The van der Waals surface area contributed by atoms with Crippen molar-refractivity contribution in [1.82, 2.24) is 4.90 Å². The standard InChI is InChI=1S/C12H16ClN3O/c1-9-10(13)3-2-4-11(9)15-12(14)16-5-7-17-8-6-16/h2-4H,5-8H2,1H3,(H2,14,15). The molecule has 1 aromatic rings. The molecule has 0 amide bonds. The summed E-state index contributed by atoms with van der Waals surface area (Å²) in [6, 6.07) is 5.64. The average Bonchev–Trinajstić information content (AvgIpc) is 2.36. The molecule has 1 fully saturated rings. The topological polar surface area (TPSA) is 50.8 Å². The predicted molar refractivity (Wildman–Crippen MR) is 69.9 cm³/mol. The molecule has 0 aliphatic carbocycles. The molecule has 0 unspecified atom stereocenters. The molecule has 1 saturated heterocycles. The largest absolute Gasteiger partial charge is 0.378 e. The molecule has 0 atom stereocenters. The van der Waals surface area contributed by atoms with Gasteiger partial charge in [0.2, 0.25) is 0 Å². The Morgan fingerprint density at radius 1 is 1.41 bits per heavy atom. The molecule has 2 rings (SSSR count). The van der Waals surface area contributed by atoms with Gasteiger partial charge < -0.3 is 15.4 Å². The fraction of sp³-hybridized carbons (Fsp3) is 0.417. The highest BCUT2D eigenvalue weighted by Gasteiger charge is 2.12. The Kier molecular flexibility index (Phi) is 3.86. The van der Waals surface area contributed by atoms with E-state index in [-0.39, 0.29) is 0 Å². The average molecular weight is 254 g/mol. The first kappa shape index (κ1) is 12.2. The van der Waals surface area contributed by atoms with E-state index in [0.29, 0.717) is 24.2 Å². The summed E-state index contributed by atoms with van der Waals surface area (Å²) in [5.74, 6) is 0.527. The van der Waals surface area contributed by atoms with Gasteiger partial charge in [-0.1, -0.05) is 17.7 Å². The Hall–Kier alpha value is -1.26. The van der Waals surface area contributed by atoms with Crippen LogP contribution >= 0.6 is 11.6 Å². The summed E-state index contributed by atoms with van der Waals surface area (Å²) in [5, 5.41) is 0.709. The molecule has 0 radical (unpaired) electrons. The van der Waals surface area contributed by atoms with Crippen LogP contribution in [0.15, 0.2) is 23.2 Å². The van der Waals surface area contributed by atoms with E-state index in [2.05, 4.69) is 4.99 Å². The van der Waals surface area contributed by atoms with Gasteiger partial charge in [0.15, 0.2) is 5.96 Å². The summed E-state index contributed by atoms with van der Waals surface area (Å²) >= 11 is 6.04. The zero-order valence-corrected chi connectivity index (χ0v) is 10.6. The van der Waals surface area contributed by atoms with Crippen LogP contribution < -0.4 is 5.73 Å². The van der Waals surface area contributed by atoms with Crippen LogP contribution in [0.3, 0.4) is 0 Å². The zero-order chi connectivity index (χ0) is 12.3. The molecular weight excluding hydrogens is 238 g/mol. The summed E-state index contributed by atoms with van der Waals surface area (Å²) < 4.78 is 5.27. The smallest absolute Gasteiger partial charge is 0.196 e. The van der Waals surface area contributed by atoms with E-state index in [1.165, 1.54) is 0 Å². The molecular formula is C12H16ClN3O. The van der Waals surface area contributed by atoms with Crippen LogP contribution in [0.2, 0.25) is 5.02 Å². The first-order valence-corrected chi connectivity index (χ1v) is 5.98. The number of guanidine groups is 1. The maximum Gasteiger partial charge on any atom is 0.196 e. The number of morpholine rings is 1. The lowest BCUT2D eigenvalue weighted by molar-refractivity contribution is 0.0675. The molecule has 0 saturated carbocycles. The Balaban J connectivity index is 2.19. The van der Waals surface area contributed by atoms with Crippen molar-refractivity contribution in [3.05, 3.63) is 28.8 Å². The van der Waals surface area contributed by atoms with E-state index in [4.69, 9.17) is 22.1 Å². The zero-order valence-electron chi connectivity index (χ0n) is 9.82. The van der Waals surface area contributed by atoms with Gasteiger partial charge in [0.05, 0.1) is 18.9 Å². The summed E-state index contributed by atoms with van der Waals surface area (Å²) in [6.45, 7) is 4.91. The minimum absolute atomic E-state index is 0.527. The van der Waals surface area contributed by atoms with E-state index in [1.54, 1.807) is 0 Å². The molecule has 2 N–H and O–H groups in total. The third kappa shape index (κ3) is 2.90. The van der Waals surface area contributed by atoms with Gasteiger partial charge in [0.25, 0.3) is 0 Å². The number of aliphatic imine (C=N–C) groups is 1. The normalized spacial score (nSPS) is 17.3. The fourth-order valence-electron chi connectivity index (χ4n) is 1.70. The van der Waals surface area contributed by atoms with Gasteiger partial charge in [-0.15, -0.1) is 0 Å². The minimum atomic E-state index is 0.527. The van der Waals surface area contributed by atoms with Gasteiger partial charge in [-0.05, 0) is 24.6 Å². The van der Waals surface area contributed by atoms with Crippen molar-refractivity contribution in [2.75, 3.05) is 26.3 Å². The Bertz CT molecular complexity index is 428. The minimum Gasteiger partial charge on any atom is -0.378 e. The third-order valence-electron chi connectivity index (χ3n) is 2.81. The molecule has 1 heterocycles. The lowest BCUT2D eigenvalue weighted by Crippen LogP contribution is -2.44. The van der Waals surface area contributed by atoms with Crippen LogP contribution in [-0.2, 0) is 4.74 Å². The summed E-state index contributed by atoms with van der Waals surface area (Å²) in [6.07, 6.45) is 0. The molecule has 17 heavy (non-hydrogen) atoms. The number of ether oxygens (including phenoxy) is 1. The summed E-state index contributed by atoms with van der Waals surface area (Å²) in [7, 11) is 0. The molecule has 1 aliphatic rings. The predicted octanol–water partition coefficient (Wildman–Crippen LogP) is 1.93. The van der Waals surface area contributed by atoms with Crippen LogP contribution in [0.25, 0.3) is 0 Å². The number of nitrogens with two attached hydrogens (primary N) is 1. The molecule has 1 aromatic carbocycles. The number of hydrogen-bond acceptors (Lipinski definition) is 2. The van der Waals surface area contributed by atoms with Crippen LogP contribution in [0.5, 0.6) is 0 Å². The highest BCUT2D eigenvalue weighted by molar-refractivity contribution is 6.31. The molecule has 4 nitrogen and oxygen atoms in total. The maximum absolute atomic E-state index is 6.04. The lowest BCUT2D eigenvalue weighted by Gasteiger charge is -2.27. The van der Waals surface area contributed by atoms with Crippen molar-refractivity contribution in [1.29, 1.82) is 0 Å². The van der Waals surface area contributed by atoms with E-state index < -0.39 is 0 Å². The summed E-state index contributed by atoms with van der Waals surface area (Å²) in [5.41, 5.74) is 7.75. The van der Waals surface area contributed by atoms with E-state index in [9.17, 15) is 0 Å².